The number of carbonyl (C=O) groups excluding carboxylic acids is 1. The molecule has 8 nitrogen and oxygen atoms in total. The molecule has 0 spiro atoms. The maximum atomic E-state index is 12.9. The summed E-state index contributed by atoms with van der Waals surface area (Å²) in [6.45, 7) is 5.23. The third-order valence-electron chi connectivity index (χ3n) is 5.43. The molecule has 0 saturated carbocycles. The van der Waals surface area contributed by atoms with Gasteiger partial charge in [-0.15, -0.1) is 5.10 Å². The van der Waals surface area contributed by atoms with Gasteiger partial charge in [-0.2, -0.15) is 18.2 Å². The quantitative estimate of drug-likeness (QED) is 0.233. The van der Waals surface area contributed by atoms with Crippen molar-refractivity contribution in [2.75, 3.05) is 0 Å². The van der Waals surface area contributed by atoms with Gasteiger partial charge < -0.3 is 9.15 Å². The topological polar surface area (TPSA) is 99.6 Å². The molecule has 11 heteroatoms. The molecule has 0 aliphatic heterocycles. The number of aromatic nitrogens is 4. The molecule has 0 aliphatic carbocycles. The molecule has 0 aliphatic rings. The lowest BCUT2D eigenvalue weighted by Gasteiger charge is -2.10. The van der Waals surface area contributed by atoms with Gasteiger partial charge in [-0.3, -0.25) is 4.79 Å². The lowest BCUT2D eigenvalue weighted by Crippen LogP contribution is -2.12. The van der Waals surface area contributed by atoms with Crippen LogP contribution in [0, 0.1) is 13.8 Å². The maximum absolute atomic E-state index is 12.9. The maximum Gasteiger partial charge on any atom is 0.453 e. The van der Waals surface area contributed by atoms with Crippen molar-refractivity contribution in [1.82, 2.24) is 19.6 Å². The van der Waals surface area contributed by atoms with Crippen LogP contribution in [0.5, 0.6) is 5.75 Å². The Kier molecular flexibility index (Phi) is 6.11. The zero-order chi connectivity index (χ0) is 24.6. The molecule has 1 aromatic carbocycles. The van der Waals surface area contributed by atoms with E-state index in [0.29, 0.717) is 29.0 Å². The summed E-state index contributed by atoms with van der Waals surface area (Å²) in [6.07, 6.45) is -2.97. The van der Waals surface area contributed by atoms with Crippen molar-refractivity contribution in [3.63, 3.8) is 0 Å². The van der Waals surface area contributed by atoms with Gasteiger partial charge in [0.25, 0.3) is 11.6 Å². The van der Waals surface area contributed by atoms with Crippen LogP contribution >= 0.6 is 0 Å². The first kappa shape index (κ1) is 23.4. The van der Waals surface area contributed by atoms with Gasteiger partial charge in [-0.1, -0.05) is 13.3 Å². The van der Waals surface area contributed by atoms with Crippen LogP contribution in [0.1, 0.15) is 48.1 Å². The molecule has 3 aromatic heterocycles. The van der Waals surface area contributed by atoms with Crippen LogP contribution in [0.2, 0.25) is 0 Å². The number of aryl methyl sites for hydroxylation is 3. The van der Waals surface area contributed by atoms with E-state index in [9.17, 15) is 22.8 Å². The number of hydrogen-bond acceptors (Lipinski definition) is 7. The monoisotopic (exact) mass is 474 g/mol. The highest BCUT2D eigenvalue weighted by molar-refractivity contribution is 5.82. The largest absolute Gasteiger partial charge is 0.453 e. The number of nitrogens with zero attached hydrogens (tertiary/aromatic N) is 4. The van der Waals surface area contributed by atoms with Gasteiger partial charge in [0.05, 0.1) is 6.42 Å². The van der Waals surface area contributed by atoms with E-state index < -0.39 is 23.6 Å². The van der Waals surface area contributed by atoms with Gasteiger partial charge >= 0.3 is 17.8 Å². The minimum absolute atomic E-state index is 0.0481. The lowest BCUT2D eigenvalue weighted by atomic mass is 10.1. The molecule has 0 saturated heterocycles. The molecule has 4 rings (SSSR count). The summed E-state index contributed by atoms with van der Waals surface area (Å²) >= 11 is 0. The summed E-state index contributed by atoms with van der Waals surface area (Å²) in [6, 6.07) is 6.31. The van der Waals surface area contributed by atoms with E-state index in [1.54, 1.807) is 26.0 Å². The van der Waals surface area contributed by atoms with E-state index in [1.807, 2.05) is 6.92 Å². The second-order valence-corrected chi connectivity index (χ2v) is 7.88. The molecule has 34 heavy (non-hydrogen) atoms. The summed E-state index contributed by atoms with van der Waals surface area (Å²) < 4.78 is 50.5. The molecule has 0 atom stereocenters. The van der Waals surface area contributed by atoms with Crippen LogP contribution in [0.4, 0.5) is 13.2 Å². The van der Waals surface area contributed by atoms with E-state index >= 15 is 0 Å². The number of ether oxygens (including phenoxy) is 1. The summed E-state index contributed by atoms with van der Waals surface area (Å²) in [5.41, 5.74) is 2.16. The van der Waals surface area contributed by atoms with Crippen molar-refractivity contribution < 1.29 is 27.1 Å². The fraction of sp³-hybridized carbons (Fsp3) is 0.348. The molecular weight excluding hydrogens is 453 g/mol. The van der Waals surface area contributed by atoms with Crippen molar-refractivity contribution >= 4 is 22.7 Å². The first-order valence-corrected chi connectivity index (χ1v) is 10.6. The predicted molar refractivity (Wildman–Crippen MR) is 116 cm³/mol. The Morgan fingerprint density at radius 3 is 2.62 bits per heavy atom. The van der Waals surface area contributed by atoms with Crippen molar-refractivity contribution in [3.05, 3.63) is 63.0 Å². The SMILES string of the molecule is CCCc1cc(=O)oc2cc(OC(=O)CCc3c(C)nc4nc(C(F)(F)F)nn4c3C)ccc12. The molecule has 0 radical (unpaired) electrons. The predicted octanol–water partition coefficient (Wildman–Crippen LogP) is 4.36. The van der Waals surface area contributed by atoms with E-state index in [4.69, 9.17) is 9.15 Å². The fourth-order valence-corrected chi connectivity index (χ4v) is 3.85. The Morgan fingerprint density at radius 1 is 1.15 bits per heavy atom. The normalized spacial score (nSPS) is 11.9. The highest BCUT2D eigenvalue weighted by Gasteiger charge is 2.37. The van der Waals surface area contributed by atoms with Gasteiger partial charge in [-0.05, 0) is 49.9 Å². The van der Waals surface area contributed by atoms with Crippen molar-refractivity contribution in [2.24, 2.45) is 0 Å². The fourth-order valence-electron chi connectivity index (χ4n) is 3.85. The number of benzene rings is 1. The van der Waals surface area contributed by atoms with Crippen molar-refractivity contribution in [1.29, 1.82) is 0 Å². The Labute approximate surface area is 191 Å². The summed E-state index contributed by atoms with van der Waals surface area (Å²) in [5, 5.41) is 4.28. The number of carbonyl (C=O) groups is 1. The molecule has 178 valence electrons. The smallest absolute Gasteiger partial charge is 0.426 e. The zero-order valence-corrected chi connectivity index (χ0v) is 18.7. The molecule has 0 fully saturated rings. The second-order valence-electron chi connectivity index (χ2n) is 7.88. The number of rotatable bonds is 6. The zero-order valence-electron chi connectivity index (χ0n) is 18.7. The van der Waals surface area contributed by atoms with Crippen molar-refractivity contribution in [2.45, 2.75) is 52.6 Å². The molecule has 3 heterocycles. The third-order valence-corrected chi connectivity index (χ3v) is 5.43. The van der Waals surface area contributed by atoms with E-state index in [1.165, 1.54) is 12.1 Å². The molecule has 4 aromatic rings. The second kappa shape index (κ2) is 8.88. The third kappa shape index (κ3) is 4.63. The van der Waals surface area contributed by atoms with Gasteiger partial charge in [-0.25, -0.2) is 14.3 Å². The van der Waals surface area contributed by atoms with Crippen molar-refractivity contribution in [3.8, 4) is 5.75 Å². The molecule has 0 amide bonds. The standard InChI is InChI=1S/C23H21F3N4O4/c1-4-5-14-10-20(32)34-18-11-15(6-7-17(14)18)33-19(31)9-8-16-12(2)27-22-28-21(23(24,25)26)29-30(22)13(16)3/h6-7,10-11H,4-5,8-9H2,1-3H3. The van der Waals surface area contributed by atoms with E-state index in [2.05, 4.69) is 15.1 Å². The summed E-state index contributed by atoms with van der Waals surface area (Å²) in [5.74, 6) is -1.76. The molecular formula is C23H21F3N4O4. The molecule has 0 bridgehead atoms. The number of halogens is 3. The van der Waals surface area contributed by atoms with Crippen LogP contribution in [-0.2, 0) is 23.8 Å². The molecule has 0 N–H and O–H groups in total. The molecule has 0 unspecified atom stereocenters. The Hall–Kier alpha value is -3.76. The van der Waals surface area contributed by atoms with Crippen LogP contribution in [-0.4, -0.2) is 25.6 Å². The number of alkyl halides is 3. The van der Waals surface area contributed by atoms with Gasteiger partial charge in [0.2, 0.25) is 0 Å². The number of fused-ring (bicyclic) bond motifs is 2. The van der Waals surface area contributed by atoms with Crippen LogP contribution in [0.25, 0.3) is 16.7 Å². The van der Waals surface area contributed by atoms with Gasteiger partial charge in [0.1, 0.15) is 11.3 Å². The number of hydrogen-bond donors (Lipinski definition) is 0. The first-order valence-electron chi connectivity index (χ1n) is 10.6. The van der Waals surface area contributed by atoms with E-state index in [0.717, 1.165) is 21.9 Å². The average molecular weight is 474 g/mol. The Bertz CT molecular complexity index is 1460. The summed E-state index contributed by atoms with van der Waals surface area (Å²) in [7, 11) is 0. The first-order chi connectivity index (χ1) is 16.1. The lowest BCUT2D eigenvalue weighted by molar-refractivity contribution is -0.144. The minimum Gasteiger partial charge on any atom is -0.426 e. The van der Waals surface area contributed by atoms with Gasteiger partial charge in [0.15, 0.2) is 0 Å². The van der Waals surface area contributed by atoms with Crippen LogP contribution < -0.4 is 10.4 Å². The van der Waals surface area contributed by atoms with Gasteiger partial charge in [0, 0.05) is 28.9 Å². The van der Waals surface area contributed by atoms with Crippen LogP contribution in [0.15, 0.2) is 33.5 Å². The highest BCUT2D eigenvalue weighted by Crippen LogP contribution is 2.27. The summed E-state index contributed by atoms with van der Waals surface area (Å²) in [4.78, 5) is 31.8. The van der Waals surface area contributed by atoms with E-state index in [-0.39, 0.29) is 24.4 Å². The Morgan fingerprint density at radius 2 is 1.91 bits per heavy atom. The van der Waals surface area contributed by atoms with Crippen LogP contribution in [0.3, 0.4) is 0 Å². The average Bonchev–Trinajstić information content (AvgIpc) is 3.18. The highest BCUT2D eigenvalue weighted by atomic mass is 19.4. The number of esters is 1. The Balaban J connectivity index is 1.52. The minimum atomic E-state index is -4.69.